The van der Waals surface area contributed by atoms with Crippen LogP contribution in [0.2, 0.25) is 0 Å². The summed E-state index contributed by atoms with van der Waals surface area (Å²) in [5.41, 5.74) is 5.59. The molecule has 0 unspecified atom stereocenters. The van der Waals surface area contributed by atoms with Gasteiger partial charge in [-0.3, -0.25) is 4.57 Å². The standard InChI is InChI=1S/C23H24BN5O2/c1-15-12-17-19(24(30)31)8-5-9-21(17)29(15)23-27-20-10-11-25-14-18(20)22(28-23)26-13-16-6-3-2-4-7-16/h2-9,12,25,30-31H,10-11,13-14H2,1H3,(H,26,27,28). The van der Waals surface area contributed by atoms with E-state index in [9.17, 15) is 10.0 Å². The Labute approximate surface area is 180 Å². The Morgan fingerprint density at radius 1 is 1.10 bits per heavy atom. The van der Waals surface area contributed by atoms with E-state index in [0.717, 1.165) is 53.2 Å². The number of rotatable bonds is 5. The Kier molecular flexibility index (Phi) is 5.19. The Morgan fingerprint density at radius 3 is 2.74 bits per heavy atom. The highest BCUT2D eigenvalue weighted by Crippen LogP contribution is 2.26. The molecular formula is C23H24BN5O2. The molecule has 4 N–H and O–H groups in total. The lowest BCUT2D eigenvalue weighted by Gasteiger charge is -2.21. The van der Waals surface area contributed by atoms with Crippen molar-refractivity contribution in [2.24, 2.45) is 0 Å². The molecule has 1 aliphatic heterocycles. The predicted molar refractivity (Wildman–Crippen MR) is 123 cm³/mol. The SMILES string of the molecule is Cc1cc2c(B(O)O)cccc2n1-c1nc2c(c(NCc3ccccc3)n1)CNCC2. The van der Waals surface area contributed by atoms with Gasteiger partial charge < -0.3 is 20.7 Å². The molecule has 31 heavy (non-hydrogen) atoms. The number of benzene rings is 2. The number of aromatic nitrogens is 3. The Balaban J connectivity index is 1.62. The van der Waals surface area contributed by atoms with Crippen molar-refractivity contribution in [3.63, 3.8) is 0 Å². The molecule has 0 radical (unpaired) electrons. The Bertz CT molecular complexity index is 1240. The summed E-state index contributed by atoms with van der Waals surface area (Å²) in [7, 11) is -1.53. The first kappa shape index (κ1) is 19.7. The molecule has 2 aromatic heterocycles. The molecule has 2 aromatic carbocycles. The fourth-order valence-corrected chi connectivity index (χ4v) is 4.23. The van der Waals surface area contributed by atoms with Gasteiger partial charge in [-0.15, -0.1) is 0 Å². The molecule has 7 nitrogen and oxygen atoms in total. The number of fused-ring (bicyclic) bond motifs is 2. The van der Waals surface area contributed by atoms with E-state index >= 15 is 0 Å². The topological polar surface area (TPSA) is 95.2 Å². The minimum absolute atomic E-state index is 0.476. The van der Waals surface area contributed by atoms with E-state index in [-0.39, 0.29) is 0 Å². The summed E-state index contributed by atoms with van der Waals surface area (Å²) in [5.74, 6) is 1.42. The van der Waals surface area contributed by atoms with Gasteiger partial charge in [0.25, 0.3) is 0 Å². The molecule has 5 rings (SSSR count). The van der Waals surface area contributed by atoms with E-state index < -0.39 is 7.12 Å². The van der Waals surface area contributed by atoms with Crippen LogP contribution in [0.25, 0.3) is 16.9 Å². The van der Waals surface area contributed by atoms with Crippen molar-refractivity contribution in [3.8, 4) is 5.95 Å². The zero-order valence-electron chi connectivity index (χ0n) is 17.3. The monoisotopic (exact) mass is 413 g/mol. The maximum atomic E-state index is 9.77. The molecular weight excluding hydrogens is 389 g/mol. The second-order valence-electron chi connectivity index (χ2n) is 7.84. The summed E-state index contributed by atoms with van der Waals surface area (Å²) < 4.78 is 1.98. The summed E-state index contributed by atoms with van der Waals surface area (Å²) in [6, 6.07) is 17.7. The van der Waals surface area contributed by atoms with Gasteiger partial charge in [-0.05, 0) is 30.1 Å². The van der Waals surface area contributed by atoms with Gasteiger partial charge in [0.2, 0.25) is 5.95 Å². The molecule has 0 saturated heterocycles. The van der Waals surface area contributed by atoms with Crippen molar-refractivity contribution < 1.29 is 10.0 Å². The van der Waals surface area contributed by atoms with Crippen LogP contribution < -0.4 is 16.1 Å². The minimum atomic E-state index is -1.53. The molecule has 0 saturated carbocycles. The van der Waals surface area contributed by atoms with Crippen molar-refractivity contribution in [1.82, 2.24) is 19.9 Å². The largest absolute Gasteiger partial charge is 0.489 e. The molecule has 1 aliphatic rings. The Hall–Kier alpha value is -3.20. The number of hydrogen-bond acceptors (Lipinski definition) is 6. The minimum Gasteiger partial charge on any atom is -0.423 e. The van der Waals surface area contributed by atoms with Crippen molar-refractivity contribution >= 4 is 29.3 Å². The third-order valence-corrected chi connectivity index (χ3v) is 5.77. The lowest BCUT2D eigenvalue weighted by molar-refractivity contribution is 0.426. The number of anilines is 1. The normalized spacial score (nSPS) is 13.3. The third-order valence-electron chi connectivity index (χ3n) is 5.77. The summed E-state index contributed by atoms with van der Waals surface area (Å²) in [6.07, 6.45) is 0.837. The van der Waals surface area contributed by atoms with E-state index in [2.05, 4.69) is 22.8 Å². The third kappa shape index (κ3) is 3.70. The zero-order chi connectivity index (χ0) is 21.4. The van der Waals surface area contributed by atoms with Crippen LogP contribution in [0.15, 0.2) is 54.6 Å². The smallest absolute Gasteiger partial charge is 0.423 e. The van der Waals surface area contributed by atoms with Gasteiger partial charge in [0.05, 0.1) is 11.2 Å². The fourth-order valence-electron chi connectivity index (χ4n) is 4.23. The maximum absolute atomic E-state index is 9.77. The van der Waals surface area contributed by atoms with Gasteiger partial charge in [-0.2, -0.15) is 4.98 Å². The van der Waals surface area contributed by atoms with Crippen LogP contribution in [0.3, 0.4) is 0 Å². The van der Waals surface area contributed by atoms with Crippen LogP contribution in [-0.4, -0.2) is 38.2 Å². The number of nitrogens with zero attached hydrogens (tertiary/aromatic N) is 3. The van der Waals surface area contributed by atoms with Gasteiger partial charge in [-0.1, -0.05) is 42.5 Å². The van der Waals surface area contributed by atoms with E-state index in [4.69, 9.17) is 9.97 Å². The highest BCUT2D eigenvalue weighted by Gasteiger charge is 2.22. The molecule has 4 aromatic rings. The first-order valence-electron chi connectivity index (χ1n) is 10.5. The van der Waals surface area contributed by atoms with Crippen LogP contribution in [0.4, 0.5) is 5.82 Å². The molecule has 0 amide bonds. The van der Waals surface area contributed by atoms with Gasteiger partial charge >= 0.3 is 7.12 Å². The molecule has 0 fully saturated rings. The van der Waals surface area contributed by atoms with Crippen LogP contribution in [0, 0.1) is 6.92 Å². The predicted octanol–water partition coefficient (Wildman–Crippen LogP) is 1.67. The molecule has 156 valence electrons. The van der Waals surface area contributed by atoms with Crippen LogP contribution in [0.5, 0.6) is 0 Å². The van der Waals surface area contributed by atoms with Crippen molar-refractivity contribution in [2.75, 3.05) is 11.9 Å². The molecule has 0 aliphatic carbocycles. The van der Waals surface area contributed by atoms with E-state index in [1.807, 2.05) is 47.9 Å². The summed E-state index contributed by atoms with van der Waals surface area (Å²) >= 11 is 0. The fraction of sp³-hybridized carbons (Fsp3) is 0.217. The quantitative estimate of drug-likeness (QED) is 0.372. The molecule has 0 spiro atoms. The number of hydrogen-bond donors (Lipinski definition) is 4. The lowest BCUT2D eigenvalue weighted by Crippen LogP contribution is -2.30. The Morgan fingerprint density at radius 2 is 1.94 bits per heavy atom. The highest BCUT2D eigenvalue weighted by molar-refractivity contribution is 6.61. The van der Waals surface area contributed by atoms with Crippen molar-refractivity contribution in [1.29, 1.82) is 0 Å². The van der Waals surface area contributed by atoms with E-state index in [0.29, 0.717) is 18.0 Å². The van der Waals surface area contributed by atoms with Crippen LogP contribution in [-0.2, 0) is 19.5 Å². The maximum Gasteiger partial charge on any atom is 0.489 e. The molecule has 8 heteroatoms. The lowest BCUT2D eigenvalue weighted by atomic mass is 9.78. The number of aryl methyl sites for hydroxylation is 1. The second kappa shape index (κ2) is 8.15. The highest BCUT2D eigenvalue weighted by atomic mass is 16.4. The van der Waals surface area contributed by atoms with Gasteiger partial charge in [0.1, 0.15) is 5.82 Å². The van der Waals surface area contributed by atoms with Crippen LogP contribution in [0.1, 0.15) is 22.5 Å². The molecule has 0 bridgehead atoms. The molecule has 3 heterocycles. The van der Waals surface area contributed by atoms with E-state index in [1.54, 1.807) is 6.07 Å². The first-order valence-corrected chi connectivity index (χ1v) is 10.5. The van der Waals surface area contributed by atoms with E-state index in [1.165, 1.54) is 5.56 Å². The first-order chi connectivity index (χ1) is 15.1. The van der Waals surface area contributed by atoms with Gasteiger partial charge in [0, 0.05) is 42.7 Å². The summed E-state index contributed by atoms with van der Waals surface area (Å²) in [5, 5.41) is 27.2. The average molecular weight is 413 g/mol. The van der Waals surface area contributed by atoms with Crippen molar-refractivity contribution in [3.05, 3.63) is 77.1 Å². The van der Waals surface area contributed by atoms with Crippen molar-refractivity contribution in [2.45, 2.75) is 26.4 Å². The zero-order valence-corrected chi connectivity index (χ0v) is 17.3. The second-order valence-corrected chi connectivity index (χ2v) is 7.84. The molecule has 0 atom stereocenters. The van der Waals surface area contributed by atoms with Gasteiger partial charge in [0.15, 0.2) is 0 Å². The summed E-state index contributed by atoms with van der Waals surface area (Å²) in [4.78, 5) is 9.81. The van der Waals surface area contributed by atoms with Crippen LogP contribution >= 0.6 is 0 Å². The average Bonchev–Trinajstić information content (AvgIpc) is 3.13. The van der Waals surface area contributed by atoms with Gasteiger partial charge in [-0.25, -0.2) is 4.98 Å². The summed E-state index contributed by atoms with van der Waals surface area (Å²) in [6.45, 7) is 4.28. The number of nitrogens with one attached hydrogen (secondary N) is 2.